The molecule has 8 nitrogen and oxygen atoms in total. The molecular formula is C19H20N4O4S2. The van der Waals surface area contributed by atoms with Crippen molar-refractivity contribution in [1.82, 2.24) is 14.8 Å². The minimum Gasteiger partial charge on any atom is -0.465 e. The second kappa shape index (κ2) is 7.96. The highest BCUT2D eigenvalue weighted by atomic mass is 32.2. The molecule has 1 aliphatic heterocycles. The molecule has 3 aromatic rings. The van der Waals surface area contributed by atoms with Gasteiger partial charge in [-0.25, -0.2) is 13.2 Å². The standard InChI is InChI=1S/C19H20N4O4S2/c1-27-19(24)17-15(9-11-28-17)29(25,26)22-14-7-5-6-13(12-14)18-21-20-16-8-3-2-4-10-23(16)18/h5-7,9,11-12,22H,2-4,8,10H2,1H3. The molecule has 0 unspecified atom stereocenters. The Bertz CT molecular complexity index is 1150. The summed E-state index contributed by atoms with van der Waals surface area (Å²) >= 11 is 1.02. The van der Waals surface area contributed by atoms with E-state index in [0.717, 1.165) is 60.8 Å². The van der Waals surface area contributed by atoms with Crippen molar-refractivity contribution < 1.29 is 17.9 Å². The molecule has 3 heterocycles. The SMILES string of the molecule is COC(=O)c1sccc1S(=O)(=O)Nc1cccc(-c2nnc3n2CCCCC3)c1. The maximum absolute atomic E-state index is 12.8. The van der Waals surface area contributed by atoms with Crippen LogP contribution in [0.1, 0.15) is 34.8 Å². The van der Waals surface area contributed by atoms with Crippen molar-refractivity contribution >= 4 is 33.0 Å². The molecule has 1 aromatic carbocycles. The fourth-order valence-electron chi connectivity index (χ4n) is 3.38. The molecule has 1 N–H and O–H groups in total. The smallest absolute Gasteiger partial charge is 0.349 e. The molecule has 4 rings (SSSR count). The fraction of sp³-hybridized carbons (Fsp3) is 0.316. The lowest BCUT2D eigenvalue weighted by atomic mass is 10.2. The molecule has 0 saturated heterocycles. The van der Waals surface area contributed by atoms with E-state index in [1.165, 1.54) is 13.2 Å². The van der Waals surface area contributed by atoms with Gasteiger partial charge in [0, 0.05) is 24.2 Å². The summed E-state index contributed by atoms with van der Waals surface area (Å²) in [6, 6.07) is 8.42. The van der Waals surface area contributed by atoms with Crippen LogP contribution in [-0.2, 0) is 27.7 Å². The summed E-state index contributed by atoms with van der Waals surface area (Å²) in [6.07, 6.45) is 4.22. The minimum atomic E-state index is -3.95. The molecule has 0 radical (unpaired) electrons. The van der Waals surface area contributed by atoms with Crippen molar-refractivity contribution in [2.75, 3.05) is 11.8 Å². The van der Waals surface area contributed by atoms with E-state index in [-0.39, 0.29) is 9.77 Å². The van der Waals surface area contributed by atoms with Crippen LogP contribution in [0.3, 0.4) is 0 Å². The molecule has 1 aliphatic rings. The predicted molar refractivity (Wildman–Crippen MR) is 109 cm³/mol. The molecule has 0 saturated carbocycles. The van der Waals surface area contributed by atoms with E-state index in [0.29, 0.717) is 5.69 Å². The number of benzene rings is 1. The predicted octanol–water partition coefficient (Wildman–Crippen LogP) is 3.32. The first-order valence-electron chi connectivity index (χ1n) is 9.21. The first-order chi connectivity index (χ1) is 14.0. The lowest BCUT2D eigenvalue weighted by Gasteiger charge is -2.11. The number of carbonyl (C=O) groups excluding carboxylic acids is 1. The van der Waals surface area contributed by atoms with Crippen LogP contribution < -0.4 is 4.72 Å². The highest BCUT2D eigenvalue weighted by molar-refractivity contribution is 7.93. The third kappa shape index (κ3) is 3.90. The molecule has 0 atom stereocenters. The summed E-state index contributed by atoms with van der Waals surface area (Å²) in [7, 11) is -2.73. The van der Waals surface area contributed by atoms with Crippen LogP contribution in [-0.4, -0.2) is 36.3 Å². The van der Waals surface area contributed by atoms with Gasteiger partial charge in [0.15, 0.2) is 5.82 Å². The van der Waals surface area contributed by atoms with Gasteiger partial charge >= 0.3 is 5.97 Å². The molecule has 152 valence electrons. The van der Waals surface area contributed by atoms with Gasteiger partial charge in [0.05, 0.1) is 7.11 Å². The number of carbonyl (C=O) groups is 1. The van der Waals surface area contributed by atoms with Crippen LogP contribution in [0, 0.1) is 0 Å². The number of sulfonamides is 1. The number of nitrogens with zero attached hydrogens (tertiary/aromatic N) is 3. The normalized spacial score (nSPS) is 14.1. The maximum atomic E-state index is 12.8. The minimum absolute atomic E-state index is 0.0407. The molecule has 29 heavy (non-hydrogen) atoms. The highest BCUT2D eigenvalue weighted by Crippen LogP contribution is 2.28. The topological polar surface area (TPSA) is 103 Å². The molecule has 0 bridgehead atoms. The molecule has 0 fully saturated rings. The number of aryl methyl sites for hydroxylation is 1. The van der Waals surface area contributed by atoms with Gasteiger partial charge in [0.1, 0.15) is 15.6 Å². The Labute approximate surface area is 172 Å². The second-order valence-corrected chi connectivity index (χ2v) is 9.26. The van der Waals surface area contributed by atoms with Crippen LogP contribution in [0.25, 0.3) is 11.4 Å². The van der Waals surface area contributed by atoms with Crippen LogP contribution in [0.4, 0.5) is 5.69 Å². The van der Waals surface area contributed by atoms with Crippen molar-refractivity contribution in [3.63, 3.8) is 0 Å². The Balaban J connectivity index is 1.64. The van der Waals surface area contributed by atoms with Crippen molar-refractivity contribution in [3.8, 4) is 11.4 Å². The largest absolute Gasteiger partial charge is 0.465 e. The number of thiophene rings is 1. The van der Waals surface area contributed by atoms with Gasteiger partial charge in [-0.05, 0) is 36.4 Å². The summed E-state index contributed by atoms with van der Waals surface area (Å²) in [5.41, 5.74) is 1.17. The van der Waals surface area contributed by atoms with Crippen LogP contribution in [0.5, 0.6) is 0 Å². The van der Waals surface area contributed by atoms with Crippen molar-refractivity contribution in [1.29, 1.82) is 0 Å². The Hall–Kier alpha value is -2.72. The van der Waals surface area contributed by atoms with E-state index < -0.39 is 16.0 Å². The number of aromatic nitrogens is 3. The van der Waals surface area contributed by atoms with E-state index in [1.807, 2.05) is 6.07 Å². The zero-order valence-corrected chi connectivity index (χ0v) is 17.4. The molecule has 2 aromatic heterocycles. The highest BCUT2D eigenvalue weighted by Gasteiger charge is 2.25. The summed E-state index contributed by atoms with van der Waals surface area (Å²) in [5, 5.41) is 10.2. The first kappa shape index (κ1) is 19.6. The Morgan fingerprint density at radius 2 is 2.07 bits per heavy atom. The van der Waals surface area contributed by atoms with Gasteiger partial charge in [-0.2, -0.15) is 0 Å². The summed E-state index contributed by atoms with van der Waals surface area (Å²) < 4.78 is 35.0. The molecule has 10 heteroatoms. The number of ether oxygens (including phenoxy) is 1. The number of rotatable bonds is 5. The molecular weight excluding hydrogens is 412 g/mol. The number of hydrogen-bond acceptors (Lipinski definition) is 7. The lowest BCUT2D eigenvalue weighted by Crippen LogP contribution is -2.15. The van der Waals surface area contributed by atoms with E-state index in [4.69, 9.17) is 0 Å². The fourth-order valence-corrected chi connectivity index (χ4v) is 5.77. The summed E-state index contributed by atoms with van der Waals surface area (Å²) in [6.45, 7) is 0.852. The Kier molecular flexibility index (Phi) is 5.37. The van der Waals surface area contributed by atoms with Crippen molar-refractivity contribution in [3.05, 3.63) is 46.4 Å². The van der Waals surface area contributed by atoms with E-state index in [2.05, 4.69) is 24.2 Å². The zero-order valence-electron chi connectivity index (χ0n) is 15.8. The summed E-state index contributed by atoms with van der Waals surface area (Å²) in [5.74, 6) is 1.01. The maximum Gasteiger partial charge on any atom is 0.349 e. The molecule has 0 spiro atoms. The molecule has 0 amide bonds. The van der Waals surface area contributed by atoms with Crippen molar-refractivity contribution in [2.24, 2.45) is 0 Å². The number of hydrogen-bond donors (Lipinski definition) is 1. The monoisotopic (exact) mass is 432 g/mol. The van der Waals surface area contributed by atoms with Crippen molar-refractivity contribution in [2.45, 2.75) is 37.1 Å². The average molecular weight is 433 g/mol. The Morgan fingerprint density at radius 3 is 2.90 bits per heavy atom. The number of fused-ring (bicyclic) bond motifs is 1. The quantitative estimate of drug-likeness (QED) is 0.621. The number of anilines is 1. The van der Waals surface area contributed by atoms with E-state index in [9.17, 15) is 13.2 Å². The third-order valence-corrected chi connectivity index (χ3v) is 7.22. The van der Waals surface area contributed by atoms with E-state index in [1.54, 1.807) is 23.6 Å². The number of nitrogens with one attached hydrogen (secondary N) is 1. The first-order valence-corrected chi connectivity index (χ1v) is 11.6. The lowest BCUT2D eigenvalue weighted by molar-refractivity contribution is 0.0602. The number of esters is 1. The van der Waals surface area contributed by atoms with Gasteiger partial charge in [-0.3, -0.25) is 4.72 Å². The second-order valence-electron chi connectivity index (χ2n) is 6.69. The zero-order chi connectivity index (χ0) is 20.4. The van der Waals surface area contributed by atoms with Crippen LogP contribution >= 0.6 is 11.3 Å². The van der Waals surface area contributed by atoms with Gasteiger partial charge in [0.2, 0.25) is 0 Å². The Morgan fingerprint density at radius 1 is 1.21 bits per heavy atom. The van der Waals surface area contributed by atoms with Gasteiger partial charge in [-0.1, -0.05) is 18.6 Å². The molecule has 0 aliphatic carbocycles. The average Bonchev–Trinajstić information content (AvgIpc) is 3.30. The van der Waals surface area contributed by atoms with Crippen LogP contribution in [0.2, 0.25) is 0 Å². The summed E-state index contributed by atoms with van der Waals surface area (Å²) in [4.78, 5) is 11.8. The third-order valence-electron chi connectivity index (χ3n) is 4.77. The van der Waals surface area contributed by atoms with Gasteiger partial charge in [-0.15, -0.1) is 21.5 Å². The number of methoxy groups -OCH3 is 1. The van der Waals surface area contributed by atoms with E-state index >= 15 is 0 Å². The van der Waals surface area contributed by atoms with Crippen LogP contribution in [0.15, 0.2) is 40.6 Å². The van der Waals surface area contributed by atoms with Gasteiger partial charge < -0.3 is 9.30 Å². The van der Waals surface area contributed by atoms with Gasteiger partial charge in [0.25, 0.3) is 10.0 Å².